The lowest BCUT2D eigenvalue weighted by atomic mass is 10.3. The fourth-order valence-corrected chi connectivity index (χ4v) is 3.91. The first kappa shape index (κ1) is 16.7. The number of halogens is 3. The summed E-state index contributed by atoms with van der Waals surface area (Å²) in [5, 5.41) is 0. The van der Waals surface area contributed by atoms with E-state index >= 15 is 0 Å². The molecule has 0 unspecified atom stereocenters. The van der Waals surface area contributed by atoms with Crippen LogP contribution in [0.4, 0.5) is 19.1 Å². The van der Waals surface area contributed by atoms with Crippen LogP contribution in [-0.2, 0) is 10.0 Å². The van der Waals surface area contributed by atoms with Crippen LogP contribution in [0, 0.1) is 17.5 Å². The molecule has 2 aromatic rings. The summed E-state index contributed by atoms with van der Waals surface area (Å²) in [5.41, 5.74) is 0. The zero-order valence-electron chi connectivity index (χ0n) is 12.4. The van der Waals surface area contributed by atoms with E-state index in [1.54, 1.807) is 23.4 Å². The number of piperazine rings is 1. The van der Waals surface area contributed by atoms with Crippen LogP contribution in [-0.4, -0.2) is 48.9 Å². The molecule has 24 heavy (non-hydrogen) atoms. The molecule has 0 bridgehead atoms. The van der Waals surface area contributed by atoms with Crippen LogP contribution in [0.2, 0.25) is 0 Å². The van der Waals surface area contributed by atoms with Gasteiger partial charge in [0, 0.05) is 38.6 Å². The second-order valence-electron chi connectivity index (χ2n) is 5.11. The largest absolute Gasteiger partial charge is 0.338 e. The second-order valence-corrected chi connectivity index (χ2v) is 7.02. The highest BCUT2D eigenvalue weighted by Gasteiger charge is 2.32. The quantitative estimate of drug-likeness (QED) is 0.776. The predicted molar refractivity (Wildman–Crippen MR) is 79.3 cm³/mol. The molecule has 1 aliphatic heterocycles. The van der Waals surface area contributed by atoms with Crippen LogP contribution in [0.3, 0.4) is 0 Å². The van der Waals surface area contributed by atoms with Gasteiger partial charge in [-0.05, 0) is 18.2 Å². The molecule has 1 aromatic heterocycles. The van der Waals surface area contributed by atoms with Crippen LogP contribution >= 0.6 is 0 Å². The molecule has 1 fully saturated rings. The molecule has 128 valence electrons. The standard InChI is InChI=1S/C14H13F3N4O2S/c15-10-2-3-11(13(17)12(10)16)24(22,23)21-8-6-20(7-9-21)14-18-4-1-5-19-14/h1-5H,6-9H2. The third-order valence-corrected chi connectivity index (χ3v) is 5.61. The number of nitrogens with zero attached hydrogens (tertiary/aromatic N) is 4. The first-order chi connectivity index (χ1) is 11.4. The van der Waals surface area contributed by atoms with E-state index in [9.17, 15) is 21.6 Å². The lowest BCUT2D eigenvalue weighted by Gasteiger charge is -2.33. The summed E-state index contributed by atoms with van der Waals surface area (Å²) in [4.78, 5) is 9.07. The van der Waals surface area contributed by atoms with Crippen molar-refractivity contribution in [1.82, 2.24) is 14.3 Å². The zero-order chi connectivity index (χ0) is 17.3. The van der Waals surface area contributed by atoms with Crippen molar-refractivity contribution >= 4 is 16.0 Å². The Morgan fingerprint density at radius 2 is 1.54 bits per heavy atom. The smallest absolute Gasteiger partial charge is 0.246 e. The molecule has 1 aromatic carbocycles. The summed E-state index contributed by atoms with van der Waals surface area (Å²) in [6.45, 7) is 0.709. The van der Waals surface area contributed by atoms with Crippen LogP contribution in [0.5, 0.6) is 0 Å². The first-order valence-electron chi connectivity index (χ1n) is 7.07. The fraction of sp³-hybridized carbons (Fsp3) is 0.286. The summed E-state index contributed by atoms with van der Waals surface area (Å²) in [7, 11) is -4.25. The van der Waals surface area contributed by atoms with Crippen molar-refractivity contribution < 1.29 is 21.6 Å². The fourth-order valence-electron chi connectivity index (χ4n) is 2.43. The van der Waals surface area contributed by atoms with Gasteiger partial charge in [-0.2, -0.15) is 4.31 Å². The van der Waals surface area contributed by atoms with E-state index in [1.807, 2.05) is 0 Å². The highest BCUT2D eigenvalue weighted by molar-refractivity contribution is 7.89. The average molecular weight is 358 g/mol. The van der Waals surface area contributed by atoms with Gasteiger partial charge in [0.1, 0.15) is 4.90 Å². The van der Waals surface area contributed by atoms with Crippen LogP contribution in [0.15, 0.2) is 35.5 Å². The Hall–Kier alpha value is -2.20. The molecular formula is C14H13F3N4O2S. The third kappa shape index (κ3) is 2.94. The predicted octanol–water partition coefficient (Wildman–Crippen LogP) is 1.40. The van der Waals surface area contributed by atoms with Crippen molar-refractivity contribution in [3.63, 3.8) is 0 Å². The van der Waals surface area contributed by atoms with E-state index in [2.05, 4.69) is 9.97 Å². The van der Waals surface area contributed by atoms with E-state index < -0.39 is 32.4 Å². The number of hydrogen-bond acceptors (Lipinski definition) is 5. The minimum atomic E-state index is -4.25. The summed E-state index contributed by atoms with van der Waals surface area (Å²) in [6.07, 6.45) is 3.14. The van der Waals surface area contributed by atoms with Gasteiger partial charge in [0.05, 0.1) is 0 Å². The summed E-state index contributed by atoms with van der Waals surface area (Å²) in [6, 6.07) is 2.99. The van der Waals surface area contributed by atoms with Gasteiger partial charge in [0.25, 0.3) is 0 Å². The average Bonchev–Trinajstić information content (AvgIpc) is 2.60. The van der Waals surface area contributed by atoms with E-state index in [0.29, 0.717) is 25.1 Å². The number of anilines is 1. The Kier molecular flexibility index (Phi) is 4.41. The van der Waals surface area contributed by atoms with Crippen molar-refractivity contribution in [3.05, 3.63) is 48.0 Å². The van der Waals surface area contributed by atoms with Crippen molar-refractivity contribution in [3.8, 4) is 0 Å². The Balaban J connectivity index is 1.80. The van der Waals surface area contributed by atoms with E-state index in [4.69, 9.17) is 0 Å². The van der Waals surface area contributed by atoms with Crippen LogP contribution in [0.1, 0.15) is 0 Å². The van der Waals surface area contributed by atoms with Crippen molar-refractivity contribution in [2.75, 3.05) is 31.1 Å². The molecule has 10 heteroatoms. The summed E-state index contributed by atoms with van der Waals surface area (Å²) >= 11 is 0. The van der Waals surface area contributed by atoms with Crippen molar-refractivity contribution in [1.29, 1.82) is 0 Å². The lowest BCUT2D eigenvalue weighted by molar-refractivity contribution is 0.375. The molecule has 0 radical (unpaired) electrons. The Morgan fingerprint density at radius 3 is 2.17 bits per heavy atom. The number of rotatable bonds is 3. The molecule has 0 aliphatic carbocycles. The maximum atomic E-state index is 13.8. The molecule has 1 saturated heterocycles. The lowest BCUT2D eigenvalue weighted by Crippen LogP contribution is -2.49. The minimum Gasteiger partial charge on any atom is -0.338 e. The van der Waals surface area contributed by atoms with Gasteiger partial charge in [0.15, 0.2) is 17.5 Å². The number of aromatic nitrogens is 2. The minimum absolute atomic E-state index is 0.0546. The normalized spacial score (nSPS) is 16.4. The molecule has 0 amide bonds. The van der Waals surface area contributed by atoms with Crippen LogP contribution < -0.4 is 4.90 Å². The first-order valence-corrected chi connectivity index (χ1v) is 8.51. The van der Waals surface area contributed by atoms with Gasteiger partial charge in [0.2, 0.25) is 16.0 Å². The molecule has 2 heterocycles. The zero-order valence-corrected chi connectivity index (χ0v) is 13.2. The van der Waals surface area contributed by atoms with Gasteiger partial charge >= 0.3 is 0 Å². The molecule has 0 N–H and O–H groups in total. The molecule has 0 spiro atoms. The second kappa shape index (κ2) is 6.36. The van der Waals surface area contributed by atoms with Crippen LogP contribution in [0.25, 0.3) is 0 Å². The SMILES string of the molecule is O=S(=O)(c1ccc(F)c(F)c1F)N1CCN(c2ncccn2)CC1. The Morgan fingerprint density at radius 1 is 0.917 bits per heavy atom. The van der Waals surface area contributed by atoms with Gasteiger partial charge in [-0.1, -0.05) is 0 Å². The van der Waals surface area contributed by atoms with Gasteiger partial charge in [-0.15, -0.1) is 0 Å². The molecule has 6 nitrogen and oxygen atoms in total. The topological polar surface area (TPSA) is 66.4 Å². The van der Waals surface area contributed by atoms with Gasteiger partial charge in [-0.25, -0.2) is 31.6 Å². The van der Waals surface area contributed by atoms with E-state index in [1.165, 1.54) is 0 Å². The Bertz CT molecular complexity index is 841. The maximum Gasteiger partial charge on any atom is 0.246 e. The number of sulfonamides is 1. The maximum absolute atomic E-state index is 13.8. The molecule has 3 rings (SSSR count). The van der Waals surface area contributed by atoms with Crippen molar-refractivity contribution in [2.24, 2.45) is 0 Å². The van der Waals surface area contributed by atoms with Gasteiger partial charge < -0.3 is 4.90 Å². The summed E-state index contributed by atoms with van der Waals surface area (Å²) < 4.78 is 66.1. The molecule has 0 atom stereocenters. The van der Waals surface area contributed by atoms with Gasteiger partial charge in [-0.3, -0.25) is 0 Å². The molecule has 0 saturated carbocycles. The monoisotopic (exact) mass is 358 g/mol. The molecule has 1 aliphatic rings. The highest BCUT2D eigenvalue weighted by Crippen LogP contribution is 2.24. The van der Waals surface area contributed by atoms with E-state index in [-0.39, 0.29) is 13.1 Å². The molecular weight excluding hydrogens is 345 g/mol. The summed E-state index contributed by atoms with van der Waals surface area (Å²) in [5.74, 6) is -4.47. The van der Waals surface area contributed by atoms with E-state index in [0.717, 1.165) is 10.4 Å². The number of hydrogen-bond donors (Lipinski definition) is 0. The third-order valence-electron chi connectivity index (χ3n) is 3.69. The Labute approximate surface area is 136 Å². The number of benzene rings is 1. The van der Waals surface area contributed by atoms with Crippen molar-refractivity contribution in [2.45, 2.75) is 4.90 Å². The highest BCUT2D eigenvalue weighted by atomic mass is 32.2.